The van der Waals surface area contributed by atoms with Gasteiger partial charge in [-0.15, -0.1) is 0 Å². The number of nitrogens with zero attached hydrogens (tertiary/aromatic N) is 4. The van der Waals surface area contributed by atoms with Gasteiger partial charge in [0.25, 0.3) is 5.95 Å². The summed E-state index contributed by atoms with van der Waals surface area (Å²) in [6.45, 7) is 2.05. The summed E-state index contributed by atoms with van der Waals surface area (Å²) in [7, 11) is 0. The highest BCUT2D eigenvalue weighted by atomic mass is 79.9. The smallest absolute Gasteiger partial charge is 0.259 e. The van der Waals surface area contributed by atoms with Gasteiger partial charge in [0, 0.05) is 15.6 Å². The van der Waals surface area contributed by atoms with Crippen molar-refractivity contribution in [2.75, 3.05) is 10.4 Å². The molecule has 0 unspecified atom stereocenters. The van der Waals surface area contributed by atoms with E-state index in [-0.39, 0.29) is 5.95 Å². The zero-order valence-electron chi connectivity index (χ0n) is 16.2. The summed E-state index contributed by atoms with van der Waals surface area (Å²) in [6, 6.07) is 27.4. The number of hydrogen-bond donors (Lipinski definition) is 1. The Bertz CT molecular complexity index is 1120. The monoisotopic (exact) mass is 455 g/mol. The molecule has 0 spiro atoms. The van der Waals surface area contributed by atoms with E-state index in [2.05, 4.69) is 37.5 Å². The van der Waals surface area contributed by atoms with Gasteiger partial charge in [-0.1, -0.05) is 76.1 Å². The average Bonchev–Trinajstić information content (AvgIpc) is 2.79. The number of aryl methyl sites for hydroxylation is 1. The fourth-order valence-corrected chi connectivity index (χ4v) is 3.20. The summed E-state index contributed by atoms with van der Waals surface area (Å²) in [5, 5.41) is 11.0. The summed E-state index contributed by atoms with van der Waals surface area (Å²) in [4.78, 5) is 9.32. The lowest BCUT2D eigenvalue weighted by Crippen LogP contribution is -2.26. The van der Waals surface area contributed by atoms with Gasteiger partial charge in [0.1, 0.15) is 0 Å². The Morgan fingerprint density at radius 2 is 1.40 bits per heavy atom. The molecule has 0 saturated heterocycles. The van der Waals surface area contributed by atoms with Gasteiger partial charge in [0.2, 0.25) is 6.19 Å². The SMILES string of the molecule is Cc1ccc(-c2cc(-c3ccc(Br)cc3)nc(N(C#N)Nc3ccccc3)n2)cc1. The molecule has 0 saturated carbocycles. The Morgan fingerprint density at radius 1 is 0.833 bits per heavy atom. The van der Waals surface area contributed by atoms with Crippen molar-refractivity contribution in [2.45, 2.75) is 6.92 Å². The molecule has 0 atom stereocenters. The number of hydrogen-bond acceptors (Lipinski definition) is 5. The molecule has 0 radical (unpaired) electrons. The molecule has 146 valence electrons. The van der Waals surface area contributed by atoms with Gasteiger partial charge in [0.15, 0.2) is 0 Å². The van der Waals surface area contributed by atoms with Gasteiger partial charge in [0.05, 0.1) is 17.1 Å². The predicted octanol–water partition coefficient (Wildman–Crippen LogP) is 6.20. The first-order valence-corrected chi connectivity index (χ1v) is 10.2. The second-order valence-electron chi connectivity index (χ2n) is 6.72. The summed E-state index contributed by atoms with van der Waals surface area (Å²) in [5.41, 5.74) is 8.38. The molecule has 0 aliphatic heterocycles. The number of nitriles is 1. The number of hydrazine groups is 1. The molecule has 0 bridgehead atoms. The second-order valence-corrected chi connectivity index (χ2v) is 7.64. The van der Waals surface area contributed by atoms with Crippen LogP contribution in [0.5, 0.6) is 0 Å². The Kier molecular flexibility index (Phi) is 5.73. The predicted molar refractivity (Wildman–Crippen MR) is 123 cm³/mol. The van der Waals surface area contributed by atoms with E-state index in [1.165, 1.54) is 10.6 Å². The van der Waals surface area contributed by atoms with E-state index >= 15 is 0 Å². The summed E-state index contributed by atoms with van der Waals surface area (Å²) in [5.74, 6) is 0.275. The first-order valence-electron chi connectivity index (χ1n) is 9.36. The Balaban J connectivity index is 1.81. The van der Waals surface area contributed by atoms with Crippen LogP contribution in [0.2, 0.25) is 0 Å². The van der Waals surface area contributed by atoms with Crippen molar-refractivity contribution in [3.8, 4) is 28.7 Å². The van der Waals surface area contributed by atoms with Gasteiger partial charge < -0.3 is 0 Å². The van der Waals surface area contributed by atoms with E-state index in [0.717, 1.165) is 32.7 Å². The fraction of sp³-hybridized carbons (Fsp3) is 0.0417. The Hall–Kier alpha value is -3.69. The maximum atomic E-state index is 9.76. The molecule has 0 amide bonds. The third kappa shape index (κ3) is 4.48. The van der Waals surface area contributed by atoms with Crippen molar-refractivity contribution >= 4 is 27.6 Å². The van der Waals surface area contributed by atoms with Crippen molar-refractivity contribution in [3.05, 3.63) is 95.0 Å². The summed E-state index contributed by atoms with van der Waals surface area (Å²) in [6.07, 6.45) is 2.13. The molecule has 3 aromatic carbocycles. The minimum Gasteiger partial charge on any atom is -0.282 e. The quantitative estimate of drug-likeness (QED) is 0.220. The molecule has 1 aromatic heterocycles. The molecule has 5 nitrogen and oxygen atoms in total. The maximum absolute atomic E-state index is 9.76. The number of benzene rings is 3. The standard InChI is InChI=1S/C24H18BrN5/c1-17-7-9-18(10-8-17)22-15-23(19-11-13-20(25)14-12-19)28-24(27-22)30(16-26)29-21-5-3-2-4-6-21/h2-15,29H,1H3. The van der Waals surface area contributed by atoms with E-state index in [0.29, 0.717) is 0 Å². The molecule has 4 rings (SSSR count). The second kappa shape index (κ2) is 8.76. The number of para-hydroxylation sites is 1. The molecular formula is C24H18BrN5. The number of rotatable bonds is 5. The maximum Gasteiger partial charge on any atom is 0.259 e. The molecule has 6 heteroatoms. The van der Waals surface area contributed by atoms with E-state index in [9.17, 15) is 5.26 Å². The van der Waals surface area contributed by atoms with Crippen molar-refractivity contribution in [1.82, 2.24) is 9.97 Å². The fourth-order valence-electron chi connectivity index (χ4n) is 2.94. The van der Waals surface area contributed by atoms with Gasteiger partial charge >= 0.3 is 0 Å². The molecule has 0 aliphatic rings. The van der Waals surface area contributed by atoms with Crippen LogP contribution < -0.4 is 10.4 Å². The van der Waals surface area contributed by atoms with Crippen LogP contribution in [-0.4, -0.2) is 9.97 Å². The molecule has 0 fully saturated rings. The van der Waals surface area contributed by atoms with Crippen LogP contribution in [0, 0.1) is 18.4 Å². The van der Waals surface area contributed by atoms with Gasteiger partial charge in [-0.3, -0.25) is 5.43 Å². The highest BCUT2D eigenvalue weighted by molar-refractivity contribution is 9.10. The van der Waals surface area contributed by atoms with Crippen molar-refractivity contribution in [3.63, 3.8) is 0 Å². The van der Waals surface area contributed by atoms with Crippen molar-refractivity contribution in [1.29, 1.82) is 5.26 Å². The lowest BCUT2D eigenvalue weighted by molar-refractivity contribution is 1.03. The van der Waals surface area contributed by atoms with Crippen LogP contribution in [0.15, 0.2) is 89.4 Å². The minimum atomic E-state index is 0.275. The van der Waals surface area contributed by atoms with Gasteiger partial charge in [-0.2, -0.15) is 10.3 Å². The number of aromatic nitrogens is 2. The number of anilines is 2. The van der Waals surface area contributed by atoms with Gasteiger partial charge in [-0.05, 0) is 37.3 Å². The largest absolute Gasteiger partial charge is 0.282 e. The topological polar surface area (TPSA) is 64.8 Å². The third-order valence-corrected chi connectivity index (χ3v) is 5.05. The first-order chi connectivity index (χ1) is 14.6. The molecular weight excluding hydrogens is 438 g/mol. The highest BCUT2D eigenvalue weighted by Gasteiger charge is 2.15. The van der Waals surface area contributed by atoms with E-state index in [1.54, 1.807) is 0 Å². The van der Waals surface area contributed by atoms with Crippen LogP contribution >= 0.6 is 15.9 Å². The molecule has 4 aromatic rings. The van der Waals surface area contributed by atoms with Crippen LogP contribution in [0.4, 0.5) is 11.6 Å². The average molecular weight is 456 g/mol. The van der Waals surface area contributed by atoms with Crippen molar-refractivity contribution in [2.24, 2.45) is 0 Å². The number of halogens is 1. The van der Waals surface area contributed by atoms with E-state index in [1.807, 2.05) is 91.9 Å². The summed E-state index contributed by atoms with van der Waals surface area (Å²) < 4.78 is 0.990. The first kappa shape index (κ1) is 19.6. The zero-order valence-corrected chi connectivity index (χ0v) is 17.8. The lowest BCUT2D eigenvalue weighted by Gasteiger charge is -2.18. The van der Waals surface area contributed by atoms with Crippen LogP contribution in [0.25, 0.3) is 22.5 Å². The zero-order chi connectivity index (χ0) is 20.9. The molecule has 30 heavy (non-hydrogen) atoms. The minimum absolute atomic E-state index is 0.275. The normalized spacial score (nSPS) is 10.3. The summed E-state index contributed by atoms with van der Waals surface area (Å²) >= 11 is 3.47. The highest BCUT2D eigenvalue weighted by Crippen LogP contribution is 2.27. The van der Waals surface area contributed by atoms with Crippen LogP contribution in [0.3, 0.4) is 0 Å². The Labute approximate surface area is 183 Å². The van der Waals surface area contributed by atoms with Crippen LogP contribution in [-0.2, 0) is 0 Å². The third-order valence-electron chi connectivity index (χ3n) is 4.52. The van der Waals surface area contributed by atoms with Gasteiger partial charge in [-0.25, -0.2) is 9.97 Å². The van der Waals surface area contributed by atoms with E-state index < -0.39 is 0 Å². The molecule has 1 N–H and O–H groups in total. The lowest BCUT2D eigenvalue weighted by atomic mass is 10.1. The number of nitrogens with one attached hydrogen (secondary N) is 1. The molecule has 1 heterocycles. The Morgan fingerprint density at radius 3 is 1.97 bits per heavy atom. The van der Waals surface area contributed by atoms with Crippen molar-refractivity contribution < 1.29 is 0 Å². The molecule has 0 aliphatic carbocycles. The van der Waals surface area contributed by atoms with Crippen LogP contribution in [0.1, 0.15) is 5.56 Å². The van der Waals surface area contributed by atoms with E-state index in [4.69, 9.17) is 0 Å².